The zero-order valence-electron chi connectivity index (χ0n) is 21.3. The van der Waals surface area contributed by atoms with Crippen molar-refractivity contribution in [3.05, 3.63) is 27.7 Å². The van der Waals surface area contributed by atoms with E-state index in [1.165, 1.54) is 0 Å². The first-order valence-corrected chi connectivity index (χ1v) is 15.1. The average molecular weight is 612 g/mol. The molecular weight excluding hydrogens is 580 g/mol. The standard InChI is InChI=1S/C25H31Cl2F3N4O4S/c1-13-10-33(39(37,38)34(11-13)23-18(26)4-17(5-19(23)27)25(28,29)30)12-21(36)32-22-15-2-14-3-16(22)8-24(6-14,7-15)9-20(31)35/h4-5,13-16,22H,2-3,6-12H2,1H3,(H2,31,35)(H,32,36)/t13-,14?,15?,16?,22?,24?/m1/s1. The van der Waals surface area contributed by atoms with Gasteiger partial charge in [0, 0.05) is 25.6 Å². The van der Waals surface area contributed by atoms with Crippen molar-refractivity contribution in [3.63, 3.8) is 0 Å². The number of halogens is 5. The summed E-state index contributed by atoms with van der Waals surface area (Å²) >= 11 is 12.3. The van der Waals surface area contributed by atoms with Crippen molar-refractivity contribution in [3.8, 4) is 0 Å². The summed E-state index contributed by atoms with van der Waals surface area (Å²) < 4.78 is 68.6. The number of rotatable bonds is 6. The fourth-order valence-corrected chi connectivity index (χ4v) is 10.4. The number of nitrogens with zero attached hydrogens (tertiary/aromatic N) is 2. The van der Waals surface area contributed by atoms with E-state index < -0.39 is 44.4 Å². The van der Waals surface area contributed by atoms with Gasteiger partial charge in [0.1, 0.15) is 0 Å². The Morgan fingerprint density at radius 1 is 1.10 bits per heavy atom. The molecule has 2 unspecified atom stereocenters. The summed E-state index contributed by atoms with van der Waals surface area (Å²) in [5.74, 6) is -0.0930. The molecule has 1 saturated heterocycles. The molecule has 1 aliphatic heterocycles. The lowest BCUT2D eigenvalue weighted by Gasteiger charge is -2.60. The third kappa shape index (κ3) is 5.46. The second-order valence-electron chi connectivity index (χ2n) is 11.9. The van der Waals surface area contributed by atoms with Gasteiger partial charge in [-0.1, -0.05) is 30.1 Å². The molecular formula is C25H31Cl2F3N4O4S. The maximum Gasteiger partial charge on any atom is 0.416 e. The highest BCUT2D eigenvalue weighted by molar-refractivity contribution is 7.90. The second-order valence-corrected chi connectivity index (χ2v) is 14.6. The topological polar surface area (TPSA) is 113 Å². The summed E-state index contributed by atoms with van der Waals surface area (Å²) in [6.07, 6.45) is 0.169. The Labute approximate surface area is 235 Å². The van der Waals surface area contributed by atoms with Crippen LogP contribution >= 0.6 is 23.2 Å². The Morgan fingerprint density at radius 3 is 2.23 bits per heavy atom. The highest BCUT2D eigenvalue weighted by Crippen LogP contribution is 2.61. The summed E-state index contributed by atoms with van der Waals surface area (Å²) in [5.41, 5.74) is 4.09. The highest BCUT2D eigenvalue weighted by Gasteiger charge is 2.56. The van der Waals surface area contributed by atoms with Gasteiger partial charge in [0.05, 0.1) is 27.8 Å². The van der Waals surface area contributed by atoms with Crippen LogP contribution in [0.25, 0.3) is 0 Å². The highest BCUT2D eigenvalue weighted by atomic mass is 35.5. The van der Waals surface area contributed by atoms with E-state index in [0.717, 1.165) is 40.7 Å². The zero-order chi connectivity index (χ0) is 28.5. The SMILES string of the molecule is C[C@@H]1CN(CC(=O)NC2C3CC4CC2CC(CC(N)=O)(C4)C3)S(=O)(=O)N(c2c(Cl)cc(C(F)(F)F)cc2Cl)C1. The molecule has 8 nitrogen and oxygen atoms in total. The zero-order valence-corrected chi connectivity index (χ0v) is 23.6. The molecule has 39 heavy (non-hydrogen) atoms. The van der Waals surface area contributed by atoms with Crippen molar-refractivity contribution in [1.82, 2.24) is 9.62 Å². The van der Waals surface area contributed by atoms with Crippen LogP contribution in [0.15, 0.2) is 12.1 Å². The monoisotopic (exact) mass is 610 g/mol. The molecule has 5 aliphatic rings. The molecule has 0 radical (unpaired) electrons. The summed E-state index contributed by atoms with van der Waals surface area (Å²) in [6, 6.07) is 1.19. The van der Waals surface area contributed by atoms with Gasteiger partial charge in [-0.2, -0.15) is 25.9 Å². The lowest BCUT2D eigenvalue weighted by atomic mass is 9.47. The lowest BCUT2D eigenvalue weighted by molar-refractivity contribution is -0.137. The number of nitrogens with one attached hydrogen (secondary N) is 1. The van der Waals surface area contributed by atoms with Crippen LogP contribution in [-0.4, -0.2) is 50.2 Å². The molecule has 3 N–H and O–H groups in total. The Kier molecular flexibility index (Phi) is 7.34. The number of primary amides is 1. The molecule has 0 aromatic heterocycles. The van der Waals surface area contributed by atoms with Crippen LogP contribution in [0, 0.1) is 29.1 Å². The number of anilines is 1. The molecule has 1 aromatic carbocycles. The van der Waals surface area contributed by atoms with E-state index in [2.05, 4.69) is 5.32 Å². The van der Waals surface area contributed by atoms with Crippen LogP contribution in [0.1, 0.15) is 51.0 Å². The van der Waals surface area contributed by atoms with Gasteiger partial charge in [0.15, 0.2) is 0 Å². The first kappa shape index (κ1) is 28.8. The fourth-order valence-electron chi connectivity index (χ4n) is 7.74. The van der Waals surface area contributed by atoms with Gasteiger partial charge in [-0.15, -0.1) is 0 Å². The van der Waals surface area contributed by atoms with Gasteiger partial charge >= 0.3 is 16.4 Å². The van der Waals surface area contributed by atoms with Crippen LogP contribution in [0.4, 0.5) is 18.9 Å². The summed E-state index contributed by atoms with van der Waals surface area (Å²) in [7, 11) is -4.32. The fraction of sp³-hybridized carbons (Fsp3) is 0.680. The van der Waals surface area contributed by atoms with Crippen LogP contribution in [0.2, 0.25) is 10.0 Å². The number of alkyl halides is 3. The molecule has 14 heteroatoms. The van der Waals surface area contributed by atoms with Crippen LogP contribution in [0.5, 0.6) is 0 Å². The lowest BCUT2D eigenvalue weighted by Crippen LogP contribution is -2.61. The predicted octanol–water partition coefficient (Wildman–Crippen LogP) is 4.20. The van der Waals surface area contributed by atoms with Crippen molar-refractivity contribution in [2.45, 2.75) is 57.7 Å². The van der Waals surface area contributed by atoms with Gasteiger partial charge in [0.2, 0.25) is 11.8 Å². The van der Waals surface area contributed by atoms with Gasteiger partial charge in [0.25, 0.3) is 0 Å². The van der Waals surface area contributed by atoms with Gasteiger partial charge in [-0.05, 0) is 73.3 Å². The van der Waals surface area contributed by atoms with E-state index >= 15 is 0 Å². The molecule has 4 aliphatic carbocycles. The number of benzene rings is 1. The van der Waals surface area contributed by atoms with Crippen LogP contribution < -0.4 is 15.4 Å². The molecule has 4 bridgehead atoms. The summed E-state index contributed by atoms with van der Waals surface area (Å²) in [5, 5.41) is 2.18. The number of carbonyl (C=O) groups excluding carboxylic acids is 2. The first-order chi connectivity index (χ1) is 18.1. The molecule has 4 saturated carbocycles. The Bertz CT molecular complexity index is 1260. The predicted molar refractivity (Wildman–Crippen MR) is 140 cm³/mol. The van der Waals surface area contributed by atoms with Crippen molar-refractivity contribution >= 4 is 50.9 Å². The maximum atomic E-state index is 13.6. The van der Waals surface area contributed by atoms with E-state index in [4.69, 9.17) is 28.9 Å². The molecule has 1 heterocycles. The van der Waals surface area contributed by atoms with Gasteiger partial charge < -0.3 is 11.1 Å². The van der Waals surface area contributed by atoms with Crippen molar-refractivity contribution in [1.29, 1.82) is 0 Å². The number of amides is 2. The van der Waals surface area contributed by atoms with E-state index in [9.17, 15) is 31.2 Å². The van der Waals surface area contributed by atoms with Crippen molar-refractivity contribution in [2.24, 2.45) is 34.8 Å². The number of nitrogens with two attached hydrogens (primary N) is 1. The van der Waals surface area contributed by atoms with Crippen molar-refractivity contribution in [2.75, 3.05) is 23.9 Å². The number of hydrogen-bond donors (Lipinski definition) is 2. The summed E-state index contributed by atoms with van der Waals surface area (Å²) in [4.78, 5) is 24.9. The molecule has 3 atom stereocenters. The van der Waals surface area contributed by atoms with E-state index in [1.54, 1.807) is 6.92 Å². The summed E-state index contributed by atoms with van der Waals surface area (Å²) in [6.45, 7) is 1.34. The third-order valence-electron chi connectivity index (χ3n) is 8.79. The minimum atomic E-state index is -4.71. The molecule has 5 fully saturated rings. The minimum Gasteiger partial charge on any atom is -0.370 e. The molecule has 6 rings (SSSR count). The quantitative estimate of drug-likeness (QED) is 0.502. The number of hydrogen-bond acceptors (Lipinski definition) is 4. The average Bonchev–Trinajstić information content (AvgIpc) is 2.77. The third-order valence-corrected chi connectivity index (χ3v) is 11.2. The van der Waals surface area contributed by atoms with E-state index in [-0.39, 0.29) is 53.9 Å². The smallest absolute Gasteiger partial charge is 0.370 e. The Hall–Kier alpha value is -1.76. The van der Waals surface area contributed by atoms with Gasteiger partial charge in [-0.25, -0.2) is 0 Å². The Balaban J connectivity index is 1.32. The number of carbonyl (C=O) groups is 2. The van der Waals surface area contributed by atoms with Crippen LogP contribution in [-0.2, 0) is 26.0 Å². The van der Waals surface area contributed by atoms with E-state index in [0.29, 0.717) is 24.5 Å². The first-order valence-electron chi connectivity index (χ1n) is 13.0. The Morgan fingerprint density at radius 2 is 1.69 bits per heavy atom. The molecule has 216 valence electrons. The van der Waals surface area contributed by atoms with Crippen molar-refractivity contribution < 1.29 is 31.2 Å². The van der Waals surface area contributed by atoms with E-state index in [1.807, 2.05) is 0 Å². The molecule has 0 spiro atoms. The largest absolute Gasteiger partial charge is 0.416 e. The second kappa shape index (κ2) is 9.95. The minimum absolute atomic E-state index is 0.0542. The van der Waals surface area contributed by atoms with Gasteiger partial charge in [-0.3, -0.25) is 13.9 Å². The molecule has 2 amide bonds. The molecule has 1 aromatic rings. The maximum absolute atomic E-state index is 13.6. The van der Waals surface area contributed by atoms with Crippen LogP contribution in [0.3, 0.4) is 0 Å². The normalized spacial score (nSPS) is 33.8.